The number of carbonyl (C=O) groups is 1. The minimum atomic E-state index is -0.369. The van der Waals surface area contributed by atoms with Gasteiger partial charge in [-0.05, 0) is 63.1 Å². The van der Waals surface area contributed by atoms with Gasteiger partial charge in [-0.15, -0.1) is 0 Å². The number of H-pyrrole nitrogens is 1. The molecule has 0 unspecified atom stereocenters. The molecule has 0 atom stereocenters. The van der Waals surface area contributed by atoms with Crippen molar-refractivity contribution in [3.63, 3.8) is 0 Å². The molecular formula is C22H25FN4O. The van der Waals surface area contributed by atoms with Crippen LogP contribution in [0.25, 0.3) is 22.6 Å². The third kappa shape index (κ3) is 4.44. The molecule has 6 heteroatoms. The van der Waals surface area contributed by atoms with Crippen molar-refractivity contribution in [3.8, 4) is 22.6 Å². The number of carbonyl (C=O) groups excluding carboxylic acids is 1. The normalized spacial score (nSPS) is 11.7. The molecule has 0 spiro atoms. The van der Waals surface area contributed by atoms with Gasteiger partial charge in [0, 0.05) is 28.4 Å². The Kier molecular flexibility index (Phi) is 5.31. The zero-order valence-electron chi connectivity index (χ0n) is 16.8. The largest absolute Gasteiger partial charge is 0.347 e. The topological polar surface area (TPSA) is 70.7 Å². The lowest BCUT2D eigenvalue weighted by molar-refractivity contribution is 0.0919. The number of aromatic nitrogens is 3. The second kappa shape index (κ2) is 7.54. The fourth-order valence-corrected chi connectivity index (χ4v) is 2.91. The Morgan fingerprint density at radius 2 is 1.75 bits per heavy atom. The Hall–Kier alpha value is -3.02. The van der Waals surface area contributed by atoms with Crippen molar-refractivity contribution in [2.24, 2.45) is 0 Å². The van der Waals surface area contributed by atoms with Crippen LogP contribution in [0.3, 0.4) is 0 Å². The molecule has 2 N–H and O–H groups in total. The van der Waals surface area contributed by atoms with Gasteiger partial charge < -0.3 is 5.32 Å². The number of amides is 1. The SMILES string of the molecule is CC(C)c1c[nH]nc1-c1cc(C(=O)NC(C)(C)C)cc(-c2ccc(F)cc2)n1. The minimum absolute atomic E-state index is 0.193. The van der Waals surface area contributed by atoms with Crippen LogP contribution in [0.2, 0.25) is 0 Å². The molecule has 1 amide bonds. The van der Waals surface area contributed by atoms with Gasteiger partial charge >= 0.3 is 0 Å². The van der Waals surface area contributed by atoms with Gasteiger partial charge in [-0.25, -0.2) is 9.37 Å². The molecule has 5 nitrogen and oxygen atoms in total. The van der Waals surface area contributed by atoms with E-state index in [-0.39, 0.29) is 23.2 Å². The maximum absolute atomic E-state index is 13.3. The van der Waals surface area contributed by atoms with Gasteiger partial charge in [-0.1, -0.05) is 13.8 Å². The first kappa shape index (κ1) is 19.7. The first-order valence-corrected chi connectivity index (χ1v) is 9.28. The highest BCUT2D eigenvalue weighted by atomic mass is 19.1. The Morgan fingerprint density at radius 1 is 1.11 bits per heavy atom. The van der Waals surface area contributed by atoms with E-state index in [1.54, 1.807) is 24.3 Å². The van der Waals surface area contributed by atoms with E-state index < -0.39 is 0 Å². The minimum Gasteiger partial charge on any atom is -0.347 e. The van der Waals surface area contributed by atoms with Crippen LogP contribution in [0.15, 0.2) is 42.6 Å². The molecule has 2 aromatic heterocycles. The van der Waals surface area contributed by atoms with Crippen molar-refractivity contribution in [1.82, 2.24) is 20.5 Å². The number of nitrogens with zero attached hydrogens (tertiary/aromatic N) is 2. The average molecular weight is 380 g/mol. The predicted octanol–water partition coefficient (Wildman–Crippen LogP) is 4.93. The van der Waals surface area contributed by atoms with E-state index in [4.69, 9.17) is 4.98 Å². The molecule has 0 radical (unpaired) electrons. The fourth-order valence-electron chi connectivity index (χ4n) is 2.91. The molecule has 3 rings (SSSR count). The van der Waals surface area contributed by atoms with E-state index in [1.165, 1.54) is 12.1 Å². The fraction of sp³-hybridized carbons (Fsp3) is 0.318. The predicted molar refractivity (Wildman–Crippen MR) is 109 cm³/mol. The number of aromatic amines is 1. The van der Waals surface area contributed by atoms with Gasteiger partial charge in [0.1, 0.15) is 11.5 Å². The van der Waals surface area contributed by atoms with Crippen LogP contribution in [0.1, 0.15) is 56.5 Å². The summed E-state index contributed by atoms with van der Waals surface area (Å²) in [5.74, 6) is -0.266. The summed E-state index contributed by atoms with van der Waals surface area (Å²) < 4.78 is 13.3. The van der Waals surface area contributed by atoms with Gasteiger partial charge in [0.15, 0.2) is 0 Å². The first-order chi connectivity index (χ1) is 13.1. The zero-order chi connectivity index (χ0) is 20.5. The Labute approximate surface area is 164 Å². The number of hydrogen-bond acceptors (Lipinski definition) is 3. The maximum atomic E-state index is 13.3. The summed E-state index contributed by atoms with van der Waals surface area (Å²) in [5, 5.41) is 10.2. The monoisotopic (exact) mass is 380 g/mol. The summed E-state index contributed by atoms with van der Waals surface area (Å²) >= 11 is 0. The number of halogens is 1. The highest BCUT2D eigenvalue weighted by Gasteiger charge is 2.20. The quantitative estimate of drug-likeness (QED) is 0.674. The van der Waals surface area contributed by atoms with Gasteiger partial charge in [-0.3, -0.25) is 9.89 Å². The Morgan fingerprint density at radius 3 is 2.36 bits per heavy atom. The molecule has 0 saturated carbocycles. The Bertz CT molecular complexity index is 985. The van der Waals surface area contributed by atoms with Gasteiger partial charge in [0.25, 0.3) is 5.91 Å². The lowest BCUT2D eigenvalue weighted by atomic mass is 10.00. The van der Waals surface area contributed by atoms with Crippen LogP contribution < -0.4 is 5.32 Å². The summed E-state index contributed by atoms with van der Waals surface area (Å²) in [7, 11) is 0. The summed E-state index contributed by atoms with van der Waals surface area (Å²) in [5.41, 5.74) is 3.77. The molecule has 146 valence electrons. The van der Waals surface area contributed by atoms with E-state index in [0.717, 1.165) is 11.1 Å². The molecule has 28 heavy (non-hydrogen) atoms. The lowest BCUT2D eigenvalue weighted by Crippen LogP contribution is -2.40. The number of pyridine rings is 1. The molecule has 2 heterocycles. The van der Waals surface area contributed by atoms with Crippen molar-refractivity contribution in [2.45, 2.75) is 46.1 Å². The van der Waals surface area contributed by atoms with Crippen LogP contribution in [0.5, 0.6) is 0 Å². The van der Waals surface area contributed by atoms with E-state index >= 15 is 0 Å². The highest BCUT2D eigenvalue weighted by molar-refractivity contribution is 5.96. The highest BCUT2D eigenvalue weighted by Crippen LogP contribution is 2.29. The van der Waals surface area contributed by atoms with Crippen LogP contribution >= 0.6 is 0 Å². The molecule has 1 aromatic carbocycles. The lowest BCUT2D eigenvalue weighted by Gasteiger charge is -2.21. The molecule has 0 aliphatic carbocycles. The van der Waals surface area contributed by atoms with Crippen molar-refractivity contribution in [1.29, 1.82) is 0 Å². The van der Waals surface area contributed by atoms with Gasteiger partial charge in [0.05, 0.1) is 11.4 Å². The van der Waals surface area contributed by atoms with E-state index in [0.29, 0.717) is 22.6 Å². The average Bonchev–Trinajstić information content (AvgIpc) is 3.10. The van der Waals surface area contributed by atoms with Crippen molar-refractivity contribution in [3.05, 3.63) is 59.5 Å². The summed E-state index contributed by atoms with van der Waals surface area (Å²) in [4.78, 5) is 17.5. The van der Waals surface area contributed by atoms with E-state index in [1.807, 2.05) is 27.0 Å². The van der Waals surface area contributed by atoms with Crippen LogP contribution in [-0.2, 0) is 0 Å². The zero-order valence-corrected chi connectivity index (χ0v) is 16.8. The summed E-state index contributed by atoms with van der Waals surface area (Å²) in [6.45, 7) is 9.94. The van der Waals surface area contributed by atoms with Gasteiger partial charge in [-0.2, -0.15) is 5.10 Å². The van der Waals surface area contributed by atoms with Crippen molar-refractivity contribution in [2.75, 3.05) is 0 Å². The molecule has 0 fully saturated rings. The molecule has 3 aromatic rings. The van der Waals surface area contributed by atoms with Gasteiger partial charge in [0.2, 0.25) is 0 Å². The van der Waals surface area contributed by atoms with Crippen molar-refractivity contribution >= 4 is 5.91 Å². The molecule has 0 aliphatic rings. The van der Waals surface area contributed by atoms with E-state index in [9.17, 15) is 9.18 Å². The van der Waals surface area contributed by atoms with Crippen LogP contribution in [0.4, 0.5) is 4.39 Å². The third-order valence-corrected chi connectivity index (χ3v) is 4.25. The standard InChI is InChI=1S/C22H25FN4O/c1-13(2)17-12-24-27-20(17)19-11-15(21(28)26-22(3,4)5)10-18(25-19)14-6-8-16(23)9-7-14/h6-13H,1-5H3,(H,24,27)(H,26,28). The summed E-state index contributed by atoms with van der Waals surface area (Å²) in [6, 6.07) is 9.54. The van der Waals surface area contributed by atoms with Crippen LogP contribution in [0, 0.1) is 5.82 Å². The number of benzene rings is 1. The second-order valence-electron chi connectivity index (χ2n) is 8.18. The number of rotatable bonds is 4. The number of nitrogens with one attached hydrogen (secondary N) is 2. The Balaban J connectivity index is 2.15. The molecule has 0 aliphatic heterocycles. The smallest absolute Gasteiger partial charge is 0.251 e. The van der Waals surface area contributed by atoms with Crippen LogP contribution in [-0.4, -0.2) is 26.6 Å². The van der Waals surface area contributed by atoms with E-state index in [2.05, 4.69) is 29.4 Å². The third-order valence-electron chi connectivity index (χ3n) is 4.25. The molecular weight excluding hydrogens is 355 g/mol. The molecule has 0 bridgehead atoms. The second-order valence-corrected chi connectivity index (χ2v) is 8.18. The summed E-state index contributed by atoms with van der Waals surface area (Å²) in [6.07, 6.45) is 1.85. The first-order valence-electron chi connectivity index (χ1n) is 9.28. The van der Waals surface area contributed by atoms with Crippen molar-refractivity contribution < 1.29 is 9.18 Å². The molecule has 0 saturated heterocycles. The maximum Gasteiger partial charge on any atom is 0.251 e. The number of hydrogen-bond donors (Lipinski definition) is 2.